The number of hydrogen-bond acceptors (Lipinski definition) is 1. The summed E-state index contributed by atoms with van der Waals surface area (Å²) in [5.74, 6) is -0.00299. The second-order valence-corrected chi connectivity index (χ2v) is 5.61. The van der Waals surface area contributed by atoms with Crippen molar-refractivity contribution in [3.05, 3.63) is 107 Å². The highest BCUT2D eigenvalue weighted by molar-refractivity contribution is 6.33. The molecule has 23 heavy (non-hydrogen) atoms. The van der Waals surface area contributed by atoms with Crippen LogP contribution in [0.1, 0.15) is 21.5 Å². The van der Waals surface area contributed by atoms with Crippen LogP contribution in [0.2, 0.25) is 5.02 Å². The van der Waals surface area contributed by atoms with Crippen LogP contribution in [0.15, 0.2) is 84.9 Å². The number of halogens is 1. The molecule has 0 radical (unpaired) electrons. The third kappa shape index (κ3) is 3.77. The fourth-order valence-electron chi connectivity index (χ4n) is 2.37. The lowest BCUT2D eigenvalue weighted by molar-refractivity contribution is 0.105. The largest absolute Gasteiger partial charge is 0.289 e. The minimum absolute atomic E-state index is 0.00299. The van der Waals surface area contributed by atoms with Crippen LogP contribution < -0.4 is 0 Å². The molecular formula is C21H15ClO. The summed E-state index contributed by atoms with van der Waals surface area (Å²) in [6.07, 6.45) is 1.92. The Morgan fingerprint density at radius 3 is 1.87 bits per heavy atom. The van der Waals surface area contributed by atoms with E-state index in [1.807, 2.05) is 78.9 Å². The van der Waals surface area contributed by atoms with Gasteiger partial charge in [0.1, 0.15) is 0 Å². The van der Waals surface area contributed by atoms with Crippen molar-refractivity contribution in [1.82, 2.24) is 0 Å². The molecule has 0 aliphatic carbocycles. The highest BCUT2D eigenvalue weighted by Crippen LogP contribution is 2.24. The standard InChI is InChI=1S/C21H15ClO/c22-19-13-11-17(12-14-19)20(15-16-7-3-1-4-8-16)21(23)18-9-5-2-6-10-18/h1-15H/b20-15-. The van der Waals surface area contributed by atoms with Gasteiger partial charge >= 0.3 is 0 Å². The maximum atomic E-state index is 12.9. The number of ketones is 1. The zero-order chi connectivity index (χ0) is 16.1. The summed E-state index contributed by atoms with van der Waals surface area (Å²) in [7, 11) is 0. The minimum Gasteiger partial charge on any atom is -0.289 e. The molecule has 0 aliphatic heterocycles. The van der Waals surface area contributed by atoms with Gasteiger partial charge in [0, 0.05) is 16.2 Å². The normalized spacial score (nSPS) is 11.3. The van der Waals surface area contributed by atoms with Gasteiger partial charge < -0.3 is 0 Å². The molecule has 3 aromatic carbocycles. The topological polar surface area (TPSA) is 17.1 Å². The van der Waals surface area contributed by atoms with E-state index in [0.717, 1.165) is 11.1 Å². The molecule has 0 N–H and O–H groups in total. The molecule has 0 atom stereocenters. The number of allylic oxidation sites excluding steroid dienone is 1. The molecular weight excluding hydrogens is 304 g/mol. The van der Waals surface area contributed by atoms with Crippen molar-refractivity contribution in [3.63, 3.8) is 0 Å². The summed E-state index contributed by atoms with van der Waals surface area (Å²) in [4.78, 5) is 12.9. The maximum absolute atomic E-state index is 12.9. The summed E-state index contributed by atoms with van der Waals surface area (Å²) in [6, 6.07) is 26.5. The maximum Gasteiger partial charge on any atom is 0.193 e. The van der Waals surface area contributed by atoms with Gasteiger partial charge in [0.05, 0.1) is 0 Å². The van der Waals surface area contributed by atoms with Gasteiger partial charge in [-0.2, -0.15) is 0 Å². The number of rotatable bonds is 4. The molecule has 0 fully saturated rings. The molecule has 0 bridgehead atoms. The van der Waals surface area contributed by atoms with Gasteiger partial charge in [0.15, 0.2) is 5.78 Å². The van der Waals surface area contributed by atoms with E-state index < -0.39 is 0 Å². The molecule has 1 nitrogen and oxygen atoms in total. The van der Waals surface area contributed by atoms with Crippen LogP contribution >= 0.6 is 11.6 Å². The molecule has 0 unspecified atom stereocenters. The Morgan fingerprint density at radius 2 is 1.26 bits per heavy atom. The van der Waals surface area contributed by atoms with Crippen molar-refractivity contribution in [2.24, 2.45) is 0 Å². The highest BCUT2D eigenvalue weighted by atomic mass is 35.5. The number of hydrogen-bond donors (Lipinski definition) is 0. The molecule has 0 heterocycles. The molecule has 0 amide bonds. The summed E-state index contributed by atoms with van der Waals surface area (Å²) in [6.45, 7) is 0. The Balaban J connectivity index is 2.08. The fraction of sp³-hybridized carbons (Fsp3) is 0. The van der Waals surface area contributed by atoms with Crippen LogP contribution in [0.5, 0.6) is 0 Å². The van der Waals surface area contributed by atoms with Crippen molar-refractivity contribution in [2.45, 2.75) is 0 Å². The third-order valence-corrected chi connectivity index (χ3v) is 3.80. The molecule has 0 saturated carbocycles. The molecule has 112 valence electrons. The van der Waals surface area contributed by atoms with E-state index in [0.29, 0.717) is 16.2 Å². The average molecular weight is 319 g/mol. The molecule has 0 aromatic heterocycles. The molecule has 0 spiro atoms. The summed E-state index contributed by atoms with van der Waals surface area (Å²) < 4.78 is 0. The van der Waals surface area contributed by atoms with Crippen LogP contribution in [-0.2, 0) is 0 Å². The second-order valence-electron chi connectivity index (χ2n) is 5.17. The first-order valence-corrected chi connectivity index (χ1v) is 7.74. The molecule has 3 aromatic rings. The zero-order valence-corrected chi connectivity index (χ0v) is 13.2. The zero-order valence-electron chi connectivity index (χ0n) is 12.4. The van der Waals surface area contributed by atoms with Crippen molar-refractivity contribution in [1.29, 1.82) is 0 Å². The Morgan fingerprint density at radius 1 is 0.696 bits per heavy atom. The Kier molecular flexibility index (Phi) is 4.70. The van der Waals surface area contributed by atoms with Crippen molar-refractivity contribution in [2.75, 3.05) is 0 Å². The van der Waals surface area contributed by atoms with E-state index in [1.165, 1.54) is 0 Å². The first kappa shape index (κ1) is 15.3. The van der Waals surface area contributed by atoms with Gasteiger partial charge in [-0.3, -0.25) is 4.79 Å². The van der Waals surface area contributed by atoms with E-state index in [9.17, 15) is 4.79 Å². The lowest BCUT2D eigenvalue weighted by atomic mass is 9.95. The second kappa shape index (κ2) is 7.08. The van der Waals surface area contributed by atoms with Crippen LogP contribution in [0.4, 0.5) is 0 Å². The first-order chi connectivity index (χ1) is 11.2. The number of benzene rings is 3. The lowest BCUT2D eigenvalue weighted by Crippen LogP contribution is -2.02. The summed E-state index contributed by atoms with van der Waals surface area (Å²) >= 11 is 5.97. The van der Waals surface area contributed by atoms with Crippen LogP contribution in [0.25, 0.3) is 11.6 Å². The van der Waals surface area contributed by atoms with Crippen molar-refractivity contribution in [3.8, 4) is 0 Å². The van der Waals surface area contributed by atoms with E-state index in [-0.39, 0.29) is 5.78 Å². The van der Waals surface area contributed by atoms with E-state index in [4.69, 9.17) is 11.6 Å². The third-order valence-electron chi connectivity index (χ3n) is 3.55. The smallest absolute Gasteiger partial charge is 0.193 e. The summed E-state index contributed by atoms with van der Waals surface area (Å²) in [5, 5.41) is 0.653. The molecule has 0 saturated heterocycles. The van der Waals surface area contributed by atoms with Crippen LogP contribution in [0.3, 0.4) is 0 Å². The number of Topliss-reactive ketones (excluding diaryl/α,β-unsaturated/α-hetero) is 1. The average Bonchev–Trinajstić information content (AvgIpc) is 2.62. The van der Waals surface area contributed by atoms with Gasteiger partial charge in [-0.25, -0.2) is 0 Å². The highest BCUT2D eigenvalue weighted by Gasteiger charge is 2.14. The molecule has 3 rings (SSSR count). The van der Waals surface area contributed by atoms with Gasteiger partial charge in [0.25, 0.3) is 0 Å². The lowest BCUT2D eigenvalue weighted by Gasteiger charge is -2.08. The predicted octanol–water partition coefficient (Wildman–Crippen LogP) is 5.76. The number of carbonyl (C=O) groups excluding carboxylic acids is 1. The van der Waals surface area contributed by atoms with Gasteiger partial charge in [0.2, 0.25) is 0 Å². The monoisotopic (exact) mass is 318 g/mol. The van der Waals surface area contributed by atoms with E-state index >= 15 is 0 Å². The van der Waals surface area contributed by atoms with E-state index in [2.05, 4.69) is 0 Å². The van der Waals surface area contributed by atoms with Crippen molar-refractivity contribution >= 4 is 29.0 Å². The Bertz CT molecular complexity index is 819. The van der Waals surface area contributed by atoms with E-state index in [1.54, 1.807) is 12.1 Å². The van der Waals surface area contributed by atoms with Gasteiger partial charge in [-0.1, -0.05) is 84.4 Å². The molecule has 0 aliphatic rings. The number of carbonyl (C=O) groups is 1. The Labute approximate surface area is 140 Å². The predicted molar refractivity (Wildman–Crippen MR) is 96.5 cm³/mol. The van der Waals surface area contributed by atoms with Crippen LogP contribution in [-0.4, -0.2) is 5.78 Å². The Hall–Kier alpha value is -2.64. The minimum atomic E-state index is -0.00299. The van der Waals surface area contributed by atoms with Crippen molar-refractivity contribution < 1.29 is 4.79 Å². The summed E-state index contributed by atoms with van der Waals surface area (Å²) in [5.41, 5.74) is 3.16. The van der Waals surface area contributed by atoms with Crippen LogP contribution in [0, 0.1) is 0 Å². The quantitative estimate of drug-likeness (QED) is 0.339. The fourth-order valence-corrected chi connectivity index (χ4v) is 2.50. The molecule has 2 heteroatoms. The first-order valence-electron chi connectivity index (χ1n) is 7.36. The SMILES string of the molecule is O=C(/C(=C\c1ccccc1)c1ccc(Cl)cc1)c1ccccc1. The van der Waals surface area contributed by atoms with Gasteiger partial charge in [-0.05, 0) is 29.3 Å². The van der Waals surface area contributed by atoms with Gasteiger partial charge in [-0.15, -0.1) is 0 Å².